The lowest BCUT2D eigenvalue weighted by molar-refractivity contribution is 0.418. The summed E-state index contributed by atoms with van der Waals surface area (Å²) in [5.74, 6) is -0.127. The number of ether oxygens (including phenoxy) is 1. The van der Waals surface area contributed by atoms with Gasteiger partial charge in [-0.25, -0.2) is 13.8 Å². The number of methoxy groups -OCH3 is 1. The molecule has 1 aromatic heterocycles. The number of fused-ring (bicyclic) bond motifs is 1. The molecular weight excluding hydrogens is 275 g/mol. The molecule has 2 aromatic carbocycles. The van der Waals surface area contributed by atoms with Crippen molar-refractivity contribution in [2.75, 3.05) is 7.11 Å². The molecule has 0 unspecified atom stereocenters. The maximum atomic E-state index is 13.3. The molecule has 0 bridgehead atoms. The number of hydrogen-bond acceptors (Lipinski definition) is 3. The van der Waals surface area contributed by atoms with E-state index in [9.17, 15) is 14.0 Å². The average molecular weight is 286 g/mol. The van der Waals surface area contributed by atoms with E-state index in [0.29, 0.717) is 16.7 Å². The summed E-state index contributed by atoms with van der Waals surface area (Å²) in [6.07, 6.45) is 0. The summed E-state index contributed by atoms with van der Waals surface area (Å²) in [5.41, 5.74) is -0.686. The Morgan fingerprint density at radius 1 is 1.14 bits per heavy atom. The van der Waals surface area contributed by atoms with Crippen LogP contribution in [0.15, 0.2) is 52.1 Å². The smallest absolute Gasteiger partial charge is 0.333 e. The van der Waals surface area contributed by atoms with E-state index in [1.54, 1.807) is 18.2 Å². The van der Waals surface area contributed by atoms with Crippen molar-refractivity contribution < 1.29 is 9.13 Å². The zero-order valence-corrected chi connectivity index (χ0v) is 11.1. The molecule has 6 heteroatoms. The van der Waals surface area contributed by atoms with E-state index in [0.717, 1.165) is 10.6 Å². The Morgan fingerprint density at radius 3 is 2.62 bits per heavy atom. The van der Waals surface area contributed by atoms with Gasteiger partial charge in [0.2, 0.25) is 0 Å². The second-order valence-electron chi connectivity index (χ2n) is 4.43. The van der Waals surface area contributed by atoms with Gasteiger partial charge in [-0.2, -0.15) is 0 Å². The van der Waals surface area contributed by atoms with Gasteiger partial charge in [-0.1, -0.05) is 12.1 Å². The minimum absolute atomic E-state index is 0.172. The van der Waals surface area contributed by atoms with E-state index in [2.05, 4.69) is 4.98 Å². The number of para-hydroxylation sites is 1. The highest BCUT2D eigenvalue weighted by Crippen LogP contribution is 2.19. The molecule has 1 heterocycles. The van der Waals surface area contributed by atoms with Crippen LogP contribution < -0.4 is 16.0 Å². The van der Waals surface area contributed by atoms with Crippen molar-refractivity contribution in [2.24, 2.45) is 0 Å². The van der Waals surface area contributed by atoms with E-state index >= 15 is 0 Å². The molecule has 1 N–H and O–H groups in total. The molecule has 3 rings (SSSR count). The quantitative estimate of drug-likeness (QED) is 0.781. The van der Waals surface area contributed by atoms with E-state index in [4.69, 9.17) is 4.74 Å². The van der Waals surface area contributed by atoms with Crippen molar-refractivity contribution in [3.8, 4) is 11.4 Å². The molecule has 0 atom stereocenters. The molecule has 0 aliphatic carbocycles. The van der Waals surface area contributed by atoms with Crippen LogP contribution >= 0.6 is 0 Å². The summed E-state index contributed by atoms with van der Waals surface area (Å²) in [4.78, 5) is 27.3. The van der Waals surface area contributed by atoms with Crippen molar-refractivity contribution >= 4 is 10.9 Å². The number of nitrogens with one attached hydrogen (secondary N) is 1. The molecule has 21 heavy (non-hydrogen) atoms. The largest absolute Gasteiger partial charge is 0.495 e. The van der Waals surface area contributed by atoms with Crippen molar-refractivity contribution in [2.45, 2.75) is 0 Å². The molecule has 0 spiro atoms. The second-order valence-corrected chi connectivity index (χ2v) is 4.43. The number of aromatic nitrogens is 2. The van der Waals surface area contributed by atoms with Crippen LogP contribution in [0.2, 0.25) is 0 Å². The number of H-pyrrole nitrogens is 1. The first-order chi connectivity index (χ1) is 10.1. The van der Waals surface area contributed by atoms with Crippen molar-refractivity contribution in [1.82, 2.24) is 9.55 Å². The maximum Gasteiger partial charge on any atom is 0.333 e. The van der Waals surface area contributed by atoms with Crippen molar-refractivity contribution in [3.05, 3.63) is 69.1 Å². The molecule has 3 aromatic rings. The Bertz CT molecular complexity index is 944. The Hall–Kier alpha value is -2.89. The lowest BCUT2D eigenvalue weighted by Gasteiger charge is -2.08. The van der Waals surface area contributed by atoms with Gasteiger partial charge in [0.25, 0.3) is 5.56 Å². The summed E-state index contributed by atoms with van der Waals surface area (Å²) < 4.78 is 19.3. The van der Waals surface area contributed by atoms with Gasteiger partial charge in [0.1, 0.15) is 11.6 Å². The molecule has 0 amide bonds. The minimum atomic E-state index is -0.650. The van der Waals surface area contributed by atoms with Gasteiger partial charge in [0.05, 0.1) is 23.7 Å². The Balaban J connectivity index is 2.41. The molecule has 0 saturated heterocycles. The van der Waals surface area contributed by atoms with Gasteiger partial charge < -0.3 is 9.72 Å². The number of benzene rings is 2. The van der Waals surface area contributed by atoms with Gasteiger partial charge in [-0.05, 0) is 30.3 Å². The van der Waals surface area contributed by atoms with Crippen LogP contribution in [0.4, 0.5) is 4.39 Å². The van der Waals surface area contributed by atoms with Gasteiger partial charge in [-0.15, -0.1) is 0 Å². The number of halogens is 1. The predicted molar refractivity (Wildman–Crippen MR) is 76.7 cm³/mol. The first-order valence-electron chi connectivity index (χ1n) is 6.20. The van der Waals surface area contributed by atoms with Gasteiger partial charge in [0.15, 0.2) is 0 Å². The third-order valence-corrected chi connectivity index (χ3v) is 3.18. The zero-order chi connectivity index (χ0) is 15.0. The highest BCUT2D eigenvalue weighted by atomic mass is 19.1. The number of aromatic amines is 1. The van der Waals surface area contributed by atoms with Crippen LogP contribution in [0.3, 0.4) is 0 Å². The Morgan fingerprint density at radius 2 is 1.90 bits per heavy atom. The normalized spacial score (nSPS) is 10.8. The average Bonchev–Trinajstić information content (AvgIpc) is 2.47. The van der Waals surface area contributed by atoms with Gasteiger partial charge >= 0.3 is 5.69 Å². The minimum Gasteiger partial charge on any atom is -0.495 e. The van der Waals surface area contributed by atoms with Gasteiger partial charge in [0, 0.05) is 0 Å². The van der Waals surface area contributed by atoms with E-state index in [1.807, 2.05) is 0 Å². The number of nitrogens with zero attached hydrogens (tertiary/aromatic N) is 1. The molecule has 0 aliphatic heterocycles. The lowest BCUT2D eigenvalue weighted by Crippen LogP contribution is -2.33. The number of hydrogen-bond donors (Lipinski definition) is 1. The van der Waals surface area contributed by atoms with Crippen LogP contribution in [-0.4, -0.2) is 16.7 Å². The Kier molecular flexibility index (Phi) is 3.06. The SMILES string of the molecule is COc1cccc2c(=O)n(-c3cccc(F)c3)c(=O)[nH]c12. The molecule has 0 fully saturated rings. The van der Waals surface area contributed by atoms with Crippen LogP contribution in [-0.2, 0) is 0 Å². The molecular formula is C15H11FN2O3. The summed E-state index contributed by atoms with van der Waals surface area (Å²) in [7, 11) is 1.45. The third-order valence-electron chi connectivity index (χ3n) is 3.18. The highest BCUT2D eigenvalue weighted by molar-refractivity contribution is 5.83. The summed E-state index contributed by atoms with van der Waals surface area (Å²) in [5, 5.41) is 0.290. The first-order valence-corrected chi connectivity index (χ1v) is 6.20. The van der Waals surface area contributed by atoms with Crippen LogP contribution in [0.5, 0.6) is 5.75 Å². The summed E-state index contributed by atoms with van der Waals surface area (Å²) in [6, 6.07) is 10.2. The van der Waals surface area contributed by atoms with Gasteiger partial charge in [-0.3, -0.25) is 4.79 Å². The fraction of sp³-hybridized carbons (Fsp3) is 0.0667. The molecule has 0 saturated carbocycles. The van der Waals surface area contributed by atoms with Crippen LogP contribution in [0, 0.1) is 5.82 Å². The van der Waals surface area contributed by atoms with E-state index in [1.165, 1.54) is 25.3 Å². The maximum absolute atomic E-state index is 13.3. The van der Waals surface area contributed by atoms with Crippen molar-refractivity contribution in [3.63, 3.8) is 0 Å². The van der Waals surface area contributed by atoms with E-state index in [-0.39, 0.29) is 5.69 Å². The molecule has 106 valence electrons. The topological polar surface area (TPSA) is 64.1 Å². The van der Waals surface area contributed by atoms with Crippen LogP contribution in [0.25, 0.3) is 16.6 Å². The molecule has 0 radical (unpaired) electrons. The van der Waals surface area contributed by atoms with Crippen molar-refractivity contribution in [1.29, 1.82) is 0 Å². The molecule has 5 nitrogen and oxygen atoms in total. The highest BCUT2D eigenvalue weighted by Gasteiger charge is 2.12. The Labute approximate surface area is 118 Å². The second kappa shape index (κ2) is 4.90. The summed E-state index contributed by atoms with van der Waals surface area (Å²) >= 11 is 0. The van der Waals surface area contributed by atoms with Crippen LogP contribution in [0.1, 0.15) is 0 Å². The third kappa shape index (κ3) is 2.10. The zero-order valence-electron chi connectivity index (χ0n) is 11.1. The lowest BCUT2D eigenvalue weighted by atomic mass is 10.2. The fourth-order valence-electron chi connectivity index (χ4n) is 2.23. The standard InChI is InChI=1S/C15H11FN2O3/c1-21-12-7-3-6-11-13(12)17-15(20)18(14(11)19)10-5-2-4-9(16)8-10/h2-8H,1H3,(H,17,20). The first kappa shape index (κ1) is 13.1. The number of rotatable bonds is 2. The summed E-state index contributed by atoms with van der Waals surface area (Å²) in [6.45, 7) is 0. The fourth-order valence-corrected chi connectivity index (χ4v) is 2.23. The monoisotopic (exact) mass is 286 g/mol. The van der Waals surface area contributed by atoms with E-state index < -0.39 is 17.1 Å². The molecule has 0 aliphatic rings. The predicted octanol–water partition coefficient (Wildman–Crippen LogP) is 1.83.